The van der Waals surface area contributed by atoms with Crippen LogP contribution in [0.25, 0.3) is 0 Å². The third-order valence-electron chi connectivity index (χ3n) is 7.67. The molecule has 3 saturated heterocycles. The van der Waals surface area contributed by atoms with Crippen molar-refractivity contribution in [3.63, 3.8) is 0 Å². The van der Waals surface area contributed by atoms with Crippen LogP contribution in [0.4, 0.5) is 0 Å². The van der Waals surface area contributed by atoms with Gasteiger partial charge in [0.25, 0.3) is 0 Å². The van der Waals surface area contributed by atoms with E-state index < -0.39 is 14.6 Å². The first-order valence-electron chi connectivity index (χ1n) is 10.6. The zero-order valence-corrected chi connectivity index (χ0v) is 17.9. The van der Waals surface area contributed by atoms with E-state index in [0.717, 1.165) is 51.9 Å². The Morgan fingerprint density at radius 2 is 1.42 bits per heavy atom. The number of piperidine rings is 2. The molecule has 0 saturated carbocycles. The minimum Gasteiger partial charge on any atom is -0.305 e. The summed E-state index contributed by atoms with van der Waals surface area (Å²) in [6, 6.07) is 0. The fraction of sp³-hybridized carbons (Fsp3) is 0.800. The topological polar surface area (TPSA) is 40.6 Å². The Hall–Kier alpha value is -0.140. The van der Waals surface area contributed by atoms with Crippen LogP contribution in [0.1, 0.15) is 52.4 Å². The average molecular weight is 394 g/mol. The highest BCUT2D eigenvalue weighted by molar-refractivity contribution is 7.70. The Morgan fingerprint density at radius 3 is 2.04 bits per heavy atom. The van der Waals surface area contributed by atoms with Crippen molar-refractivity contribution in [3.05, 3.63) is 23.0 Å². The molecule has 0 aromatic rings. The van der Waals surface area contributed by atoms with Crippen molar-refractivity contribution in [2.45, 2.75) is 69.3 Å². The first-order valence-corrected chi connectivity index (χ1v) is 14.1. The van der Waals surface area contributed by atoms with E-state index in [4.69, 9.17) is 0 Å². The molecule has 5 heterocycles. The van der Waals surface area contributed by atoms with Crippen molar-refractivity contribution in [2.75, 3.05) is 26.2 Å². The summed E-state index contributed by atoms with van der Waals surface area (Å²) in [5, 5.41) is 0. The summed E-state index contributed by atoms with van der Waals surface area (Å²) in [5.74, 6) is 2.39. The van der Waals surface area contributed by atoms with E-state index in [1.54, 1.807) is 0 Å². The van der Waals surface area contributed by atoms with E-state index in [2.05, 4.69) is 35.1 Å². The van der Waals surface area contributed by atoms with Crippen LogP contribution in [-0.4, -0.2) is 52.5 Å². The maximum absolute atomic E-state index is 14.5. The summed E-state index contributed by atoms with van der Waals surface area (Å²) in [5.41, 5.74) is 2.82. The quantitative estimate of drug-likeness (QED) is 0.481. The summed E-state index contributed by atoms with van der Waals surface area (Å²) >= 11 is 0. The third-order valence-corrected chi connectivity index (χ3v) is 15.6. The Morgan fingerprint density at radius 1 is 0.846 bits per heavy atom. The number of hydrogen-bond donors (Lipinski definition) is 0. The van der Waals surface area contributed by atoms with E-state index in [1.807, 2.05) is 0 Å². The molecule has 0 N–H and O–H groups in total. The minimum atomic E-state index is -2.58. The van der Waals surface area contributed by atoms with E-state index >= 15 is 0 Å². The first-order chi connectivity index (χ1) is 12.5. The largest absolute Gasteiger partial charge is 0.305 e. The molecule has 0 aromatic heterocycles. The lowest BCUT2D eigenvalue weighted by molar-refractivity contribution is 0.340. The SMILES string of the molecule is CC1=CP(=O)(N2CCCCC2)[C@H]2[C@@H]1[C@H]1C(C)=C[C@@H]2P1(=O)N1CCCCC1. The van der Waals surface area contributed by atoms with Gasteiger partial charge in [0.2, 0.25) is 0 Å². The molecule has 144 valence electrons. The van der Waals surface area contributed by atoms with Crippen LogP contribution in [0, 0.1) is 5.92 Å². The Labute approximate surface area is 157 Å². The fourth-order valence-corrected chi connectivity index (χ4v) is 16.3. The molecular formula is C20H32N2O2P2. The maximum atomic E-state index is 14.5. The van der Waals surface area contributed by atoms with Gasteiger partial charge in [-0.05, 0) is 45.3 Å². The van der Waals surface area contributed by atoms with Crippen LogP contribution in [0.2, 0.25) is 0 Å². The van der Waals surface area contributed by atoms with Gasteiger partial charge in [0.15, 0.2) is 14.6 Å². The van der Waals surface area contributed by atoms with Crippen LogP contribution in [0.15, 0.2) is 23.0 Å². The molecule has 4 nitrogen and oxygen atoms in total. The molecule has 2 unspecified atom stereocenters. The second kappa shape index (κ2) is 6.18. The van der Waals surface area contributed by atoms with E-state index in [1.165, 1.54) is 24.0 Å². The van der Waals surface area contributed by atoms with Crippen molar-refractivity contribution >= 4 is 14.6 Å². The predicted molar refractivity (Wildman–Crippen MR) is 108 cm³/mol. The standard InChI is InChI=1S/C20H32N2O2P2/c1-15-13-17-20-18(19(15)26(17,24)22-11-7-4-8-12-22)16(2)14-25(20,23)21-9-5-3-6-10-21/h13-14,17-20H,3-12H2,1-2H3/t17-,18-,19+,20+,25?,26?/m0/s1. The molecule has 0 radical (unpaired) electrons. The Bertz CT molecular complexity index is 762. The van der Waals surface area contributed by atoms with E-state index in [9.17, 15) is 9.13 Å². The highest BCUT2D eigenvalue weighted by atomic mass is 31.2. The maximum Gasteiger partial charge on any atom is 0.176 e. The zero-order chi connectivity index (χ0) is 18.1. The Balaban J connectivity index is 1.57. The molecule has 6 atom stereocenters. The van der Waals surface area contributed by atoms with Crippen molar-refractivity contribution < 1.29 is 9.13 Å². The third kappa shape index (κ3) is 2.22. The van der Waals surface area contributed by atoms with E-state index in [0.29, 0.717) is 0 Å². The molecule has 2 bridgehead atoms. The number of hydrogen-bond acceptors (Lipinski definition) is 2. The highest BCUT2D eigenvalue weighted by Gasteiger charge is 2.70. The number of allylic oxidation sites excluding steroid dienone is 3. The molecule has 5 aliphatic rings. The van der Waals surface area contributed by atoms with Gasteiger partial charge in [-0.2, -0.15) is 0 Å². The molecule has 0 amide bonds. The van der Waals surface area contributed by atoms with Crippen LogP contribution in [-0.2, 0) is 9.13 Å². The molecule has 0 spiro atoms. The number of nitrogens with zero attached hydrogens (tertiary/aromatic N) is 2. The van der Waals surface area contributed by atoms with Crippen LogP contribution < -0.4 is 0 Å². The van der Waals surface area contributed by atoms with Crippen molar-refractivity contribution in [2.24, 2.45) is 5.92 Å². The Kier molecular flexibility index (Phi) is 4.26. The van der Waals surface area contributed by atoms with Gasteiger partial charge in [-0.15, -0.1) is 0 Å². The van der Waals surface area contributed by atoms with Crippen LogP contribution >= 0.6 is 14.6 Å². The van der Waals surface area contributed by atoms with Gasteiger partial charge in [0.05, 0.1) is 17.0 Å². The number of rotatable bonds is 2. The second-order valence-corrected chi connectivity index (χ2v) is 14.9. The summed E-state index contributed by atoms with van der Waals surface area (Å²) in [7, 11) is -5.09. The minimum absolute atomic E-state index is 0.0251. The molecule has 5 aliphatic heterocycles. The molecule has 0 aliphatic carbocycles. The lowest BCUT2D eigenvalue weighted by Gasteiger charge is -2.39. The molecule has 6 heteroatoms. The number of fused-ring (bicyclic) bond motifs is 5. The van der Waals surface area contributed by atoms with Gasteiger partial charge in [-0.1, -0.05) is 30.1 Å². The van der Waals surface area contributed by atoms with E-state index in [-0.39, 0.29) is 22.9 Å². The van der Waals surface area contributed by atoms with Gasteiger partial charge in [-0.25, -0.2) is 4.67 Å². The van der Waals surface area contributed by atoms with Gasteiger partial charge in [-0.3, -0.25) is 4.67 Å². The molecule has 5 rings (SSSR count). The van der Waals surface area contributed by atoms with Gasteiger partial charge in [0.1, 0.15) is 0 Å². The summed E-state index contributed by atoms with van der Waals surface area (Å²) < 4.78 is 33.5. The van der Waals surface area contributed by atoms with Crippen LogP contribution in [0.3, 0.4) is 0 Å². The lowest BCUT2D eigenvalue weighted by atomic mass is 9.85. The smallest absolute Gasteiger partial charge is 0.176 e. The normalized spacial score (nSPS) is 49.2. The van der Waals surface area contributed by atoms with Gasteiger partial charge in [0, 0.05) is 32.1 Å². The monoisotopic (exact) mass is 394 g/mol. The lowest BCUT2D eigenvalue weighted by Crippen LogP contribution is -2.36. The van der Waals surface area contributed by atoms with Crippen molar-refractivity contribution in [1.82, 2.24) is 9.34 Å². The molecular weight excluding hydrogens is 362 g/mol. The summed E-state index contributed by atoms with van der Waals surface area (Å²) in [6.45, 7) is 8.20. The van der Waals surface area contributed by atoms with Crippen molar-refractivity contribution in [3.8, 4) is 0 Å². The highest BCUT2D eigenvalue weighted by Crippen LogP contribution is 2.83. The van der Waals surface area contributed by atoms with Crippen LogP contribution in [0.5, 0.6) is 0 Å². The molecule has 3 fully saturated rings. The predicted octanol–water partition coefficient (Wildman–Crippen LogP) is 5.13. The summed E-state index contributed by atoms with van der Waals surface area (Å²) in [4.78, 5) is 0. The second-order valence-electron chi connectivity index (χ2n) is 9.11. The van der Waals surface area contributed by atoms with Gasteiger partial charge < -0.3 is 9.13 Å². The van der Waals surface area contributed by atoms with Crippen molar-refractivity contribution in [1.29, 1.82) is 0 Å². The zero-order valence-electron chi connectivity index (χ0n) is 16.1. The average Bonchev–Trinajstić information content (AvgIpc) is 3.19. The van der Waals surface area contributed by atoms with Gasteiger partial charge >= 0.3 is 0 Å². The fourth-order valence-electron chi connectivity index (χ4n) is 6.63. The molecule has 26 heavy (non-hydrogen) atoms. The first kappa shape index (κ1) is 17.9. The molecule has 0 aromatic carbocycles. The summed E-state index contributed by atoms with van der Waals surface area (Å²) in [6.07, 6.45) is 9.43.